The van der Waals surface area contributed by atoms with Crippen molar-refractivity contribution in [1.29, 1.82) is 0 Å². The highest BCUT2D eigenvalue weighted by Crippen LogP contribution is 2.39. The molecule has 2 rings (SSSR count). The SMILES string of the molecule is COc1cccc2c1CC(C)CNC2C(C)(C)C. The van der Waals surface area contributed by atoms with Crippen LogP contribution in [0.5, 0.6) is 5.75 Å². The first-order valence-electron chi connectivity index (χ1n) is 6.82. The molecule has 2 atom stereocenters. The molecule has 100 valence electrons. The van der Waals surface area contributed by atoms with Gasteiger partial charge in [-0.3, -0.25) is 0 Å². The van der Waals surface area contributed by atoms with Gasteiger partial charge >= 0.3 is 0 Å². The van der Waals surface area contributed by atoms with Crippen LogP contribution in [0.1, 0.15) is 44.9 Å². The summed E-state index contributed by atoms with van der Waals surface area (Å²) >= 11 is 0. The van der Waals surface area contributed by atoms with E-state index in [2.05, 4.69) is 51.2 Å². The quantitative estimate of drug-likeness (QED) is 0.819. The lowest BCUT2D eigenvalue weighted by molar-refractivity contribution is 0.269. The Morgan fingerprint density at radius 1 is 1.28 bits per heavy atom. The molecule has 1 N–H and O–H groups in total. The van der Waals surface area contributed by atoms with E-state index in [0.29, 0.717) is 12.0 Å². The van der Waals surface area contributed by atoms with E-state index in [4.69, 9.17) is 4.74 Å². The molecule has 1 aromatic carbocycles. The maximum absolute atomic E-state index is 5.55. The van der Waals surface area contributed by atoms with Crippen molar-refractivity contribution in [1.82, 2.24) is 5.32 Å². The Labute approximate surface area is 111 Å². The zero-order chi connectivity index (χ0) is 13.3. The molecule has 2 nitrogen and oxygen atoms in total. The first-order chi connectivity index (χ1) is 8.43. The van der Waals surface area contributed by atoms with E-state index in [0.717, 1.165) is 18.7 Å². The van der Waals surface area contributed by atoms with Gasteiger partial charge in [-0.25, -0.2) is 0 Å². The van der Waals surface area contributed by atoms with Crippen LogP contribution in [0.2, 0.25) is 0 Å². The lowest BCUT2D eigenvalue weighted by atomic mass is 9.80. The van der Waals surface area contributed by atoms with Gasteiger partial charge in [-0.2, -0.15) is 0 Å². The molecule has 2 unspecified atom stereocenters. The van der Waals surface area contributed by atoms with Gasteiger partial charge in [0.25, 0.3) is 0 Å². The molecule has 0 amide bonds. The van der Waals surface area contributed by atoms with Gasteiger partial charge in [0.05, 0.1) is 7.11 Å². The van der Waals surface area contributed by atoms with Crippen molar-refractivity contribution in [2.24, 2.45) is 11.3 Å². The van der Waals surface area contributed by atoms with E-state index >= 15 is 0 Å². The molecule has 0 radical (unpaired) electrons. The molecule has 2 heteroatoms. The third-order valence-electron chi connectivity index (χ3n) is 3.79. The second-order valence-electron chi connectivity index (χ2n) is 6.54. The van der Waals surface area contributed by atoms with Crippen LogP contribution in [0.3, 0.4) is 0 Å². The van der Waals surface area contributed by atoms with E-state index in [1.165, 1.54) is 11.1 Å². The van der Waals surface area contributed by atoms with Crippen molar-refractivity contribution in [2.75, 3.05) is 13.7 Å². The van der Waals surface area contributed by atoms with Crippen LogP contribution >= 0.6 is 0 Å². The van der Waals surface area contributed by atoms with E-state index in [1.807, 2.05) is 0 Å². The molecule has 1 aromatic rings. The minimum atomic E-state index is 0.213. The van der Waals surface area contributed by atoms with Gasteiger partial charge in [-0.05, 0) is 41.5 Å². The van der Waals surface area contributed by atoms with Gasteiger partial charge in [0.1, 0.15) is 5.75 Å². The van der Waals surface area contributed by atoms with Gasteiger partial charge in [-0.1, -0.05) is 39.8 Å². The molecule has 1 heterocycles. The Morgan fingerprint density at radius 2 is 2.00 bits per heavy atom. The predicted molar refractivity (Wildman–Crippen MR) is 76.1 cm³/mol. The van der Waals surface area contributed by atoms with E-state index < -0.39 is 0 Å². The molecule has 1 aliphatic rings. The normalized spacial score (nSPS) is 24.3. The van der Waals surface area contributed by atoms with Crippen molar-refractivity contribution in [3.8, 4) is 5.75 Å². The maximum atomic E-state index is 5.55. The molecule has 0 saturated heterocycles. The van der Waals surface area contributed by atoms with Crippen molar-refractivity contribution in [2.45, 2.75) is 40.2 Å². The highest BCUT2D eigenvalue weighted by Gasteiger charge is 2.31. The monoisotopic (exact) mass is 247 g/mol. The van der Waals surface area contributed by atoms with Crippen LogP contribution in [-0.2, 0) is 6.42 Å². The number of rotatable bonds is 1. The number of ether oxygens (including phenoxy) is 1. The first kappa shape index (κ1) is 13.4. The van der Waals surface area contributed by atoms with Gasteiger partial charge in [0, 0.05) is 6.04 Å². The first-order valence-corrected chi connectivity index (χ1v) is 6.82. The molecule has 0 aliphatic carbocycles. The van der Waals surface area contributed by atoms with Crippen LogP contribution in [0.4, 0.5) is 0 Å². The summed E-state index contributed by atoms with van der Waals surface area (Å²) < 4.78 is 5.55. The summed E-state index contributed by atoms with van der Waals surface area (Å²) in [6.45, 7) is 10.3. The number of hydrogen-bond acceptors (Lipinski definition) is 2. The largest absolute Gasteiger partial charge is 0.496 e. The second kappa shape index (κ2) is 4.93. The average Bonchev–Trinajstić information content (AvgIpc) is 2.45. The van der Waals surface area contributed by atoms with Gasteiger partial charge in [-0.15, -0.1) is 0 Å². The molecule has 0 aromatic heterocycles. The third-order valence-corrected chi connectivity index (χ3v) is 3.79. The minimum absolute atomic E-state index is 0.213. The number of methoxy groups -OCH3 is 1. The summed E-state index contributed by atoms with van der Waals surface area (Å²) in [6.07, 6.45) is 1.10. The summed E-state index contributed by atoms with van der Waals surface area (Å²) in [7, 11) is 1.77. The highest BCUT2D eigenvalue weighted by atomic mass is 16.5. The fourth-order valence-corrected chi connectivity index (χ4v) is 2.89. The zero-order valence-corrected chi connectivity index (χ0v) is 12.2. The minimum Gasteiger partial charge on any atom is -0.496 e. The average molecular weight is 247 g/mol. The number of nitrogens with one attached hydrogen (secondary N) is 1. The van der Waals surface area contributed by atoms with E-state index in [-0.39, 0.29) is 5.41 Å². The number of benzene rings is 1. The molecule has 0 bridgehead atoms. The Hall–Kier alpha value is -1.02. The Balaban J connectivity index is 2.52. The van der Waals surface area contributed by atoms with Crippen molar-refractivity contribution >= 4 is 0 Å². The fourth-order valence-electron chi connectivity index (χ4n) is 2.89. The molecular weight excluding hydrogens is 222 g/mol. The predicted octanol–water partition coefficient (Wildman–Crippen LogP) is 3.56. The summed E-state index contributed by atoms with van der Waals surface area (Å²) in [6, 6.07) is 6.83. The smallest absolute Gasteiger partial charge is 0.122 e. The van der Waals surface area contributed by atoms with Crippen LogP contribution < -0.4 is 10.1 Å². The number of fused-ring (bicyclic) bond motifs is 1. The lowest BCUT2D eigenvalue weighted by Crippen LogP contribution is -2.33. The summed E-state index contributed by atoms with van der Waals surface area (Å²) in [5, 5.41) is 3.72. The fraction of sp³-hybridized carbons (Fsp3) is 0.625. The maximum Gasteiger partial charge on any atom is 0.122 e. The molecule has 0 fully saturated rings. The molecule has 0 spiro atoms. The highest BCUT2D eigenvalue weighted by molar-refractivity contribution is 5.43. The van der Waals surface area contributed by atoms with Crippen molar-refractivity contribution < 1.29 is 4.74 Å². The van der Waals surface area contributed by atoms with Crippen LogP contribution in [0.25, 0.3) is 0 Å². The second-order valence-corrected chi connectivity index (χ2v) is 6.54. The summed E-state index contributed by atoms with van der Waals surface area (Å²) in [5.41, 5.74) is 3.01. The topological polar surface area (TPSA) is 21.3 Å². The zero-order valence-electron chi connectivity index (χ0n) is 12.2. The van der Waals surface area contributed by atoms with Gasteiger partial charge in [0.2, 0.25) is 0 Å². The van der Waals surface area contributed by atoms with E-state index in [9.17, 15) is 0 Å². The Bertz CT molecular complexity index is 420. The van der Waals surface area contributed by atoms with Crippen molar-refractivity contribution in [3.63, 3.8) is 0 Å². The molecular formula is C16H25NO. The standard InChI is InChI=1S/C16H25NO/c1-11-9-13-12(7-6-8-14(13)18-5)15(17-10-11)16(2,3)4/h6-8,11,15,17H,9-10H2,1-5H3. The third kappa shape index (κ3) is 2.54. The molecule has 1 aliphatic heterocycles. The van der Waals surface area contributed by atoms with Crippen LogP contribution in [0.15, 0.2) is 18.2 Å². The van der Waals surface area contributed by atoms with E-state index in [1.54, 1.807) is 7.11 Å². The summed E-state index contributed by atoms with van der Waals surface area (Å²) in [4.78, 5) is 0. The Kier molecular flexibility index (Phi) is 3.67. The van der Waals surface area contributed by atoms with Gasteiger partial charge < -0.3 is 10.1 Å². The van der Waals surface area contributed by atoms with Crippen molar-refractivity contribution in [3.05, 3.63) is 29.3 Å². The Morgan fingerprint density at radius 3 is 2.61 bits per heavy atom. The van der Waals surface area contributed by atoms with Gasteiger partial charge in [0.15, 0.2) is 0 Å². The number of hydrogen-bond donors (Lipinski definition) is 1. The molecule has 0 saturated carbocycles. The van der Waals surface area contributed by atoms with Crippen LogP contribution in [-0.4, -0.2) is 13.7 Å². The van der Waals surface area contributed by atoms with Crippen LogP contribution in [0, 0.1) is 11.3 Å². The molecule has 18 heavy (non-hydrogen) atoms. The summed E-state index contributed by atoms with van der Waals surface area (Å²) in [5.74, 6) is 1.68. The lowest BCUT2D eigenvalue weighted by Gasteiger charge is -2.32.